The molecule has 1 aromatic carbocycles. The first-order valence-electron chi connectivity index (χ1n) is 6.03. The minimum atomic E-state index is -2.11. The maximum atomic E-state index is 13.9. The topological polar surface area (TPSA) is 69.4 Å². The number of nitrogens with two attached hydrogens (primary N) is 1. The molecule has 1 aliphatic rings. The Kier molecular flexibility index (Phi) is 3.69. The molecule has 20 heavy (non-hydrogen) atoms. The summed E-state index contributed by atoms with van der Waals surface area (Å²) in [5.74, 6) is -4.33. The number of ether oxygens (including phenoxy) is 1. The molecule has 2 rings (SSSR count). The van der Waals surface area contributed by atoms with Gasteiger partial charge >= 0.3 is 6.09 Å². The fourth-order valence-corrected chi connectivity index (χ4v) is 2.52. The van der Waals surface area contributed by atoms with Crippen molar-refractivity contribution in [1.82, 2.24) is 0 Å². The predicted octanol–water partition coefficient (Wildman–Crippen LogP) is 2.54. The predicted molar refractivity (Wildman–Crippen MR) is 62.1 cm³/mol. The summed E-state index contributed by atoms with van der Waals surface area (Å²) in [6.45, 7) is 0. The molecule has 0 saturated heterocycles. The highest BCUT2D eigenvalue weighted by Gasteiger charge is 2.48. The molecule has 1 aromatic rings. The van der Waals surface area contributed by atoms with Gasteiger partial charge in [0, 0.05) is 18.6 Å². The highest BCUT2D eigenvalue weighted by molar-refractivity contribution is 5.91. The summed E-state index contributed by atoms with van der Waals surface area (Å²) in [5, 5.41) is 0. The number of ketones is 1. The van der Waals surface area contributed by atoms with Crippen LogP contribution in [0.1, 0.15) is 31.2 Å². The van der Waals surface area contributed by atoms with E-state index in [2.05, 4.69) is 0 Å². The second kappa shape index (κ2) is 5.15. The summed E-state index contributed by atoms with van der Waals surface area (Å²) in [7, 11) is 0. The number of Topliss-reactive ketones (excluding diaryl/α,β-unsaturated/α-hetero) is 1. The van der Waals surface area contributed by atoms with E-state index in [1.54, 1.807) is 0 Å². The summed E-state index contributed by atoms with van der Waals surface area (Å²) in [6.07, 6.45) is -0.455. The molecule has 2 N–H and O–H groups in total. The van der Waals surface area contributed by atoms with Crippen LogP contribution in [0.3, 0.4) is 0 Å². The van der Waals surface area contributed by atoms with Crippen molar-refractivity contribution in [3.63, 3.8) is 0 Å². The molecule has 0 radical (unpaired) electrons. The van der Waals surface area contributed by atoms with Crippen LogP contribution in [-0.2, 0) is 15.1 Å². The average molecular weight is 287 g/mol. The molecule has 0 bridgehead atoms. The van der Waals surface area contributed by atoms with E-state index < -0.39 is 40.5 Å². The second-order valence-electron chi connectivity index (χ2n) is 4.62. The summed E-state index contributed by atoms with van der Waals surface area (Å²) < 4.78 is 45.5. The van der Waals surface area contributed by atoms with Crippen LogP contribution < -0.4 is 5.73 Å². The smallest absolute Gasteiger partial charge is 0.405 e. The fourth-order valence-electron chi connectivity index (χ4n) is 2.52. The van der Waals surface area contributed by atoms with Crippen LogP contribution in [0.15, 0.2) is 12.1 Å². The Labute approximate surface area is 112 Å². The van der Waals surface area contributed by atoms with Crippen molar-refractivity contribution in [1.29, 1.82) is 0 Å². The zero-order valence-electron chi connectivity index (χ0n) is 10.4. The number of rotatable bonds is 2. The number of carbonyl (C=O) groups excluding carboxylic acids is 2. The molecule has 1 unspecified atom stereocenters. The van der Waals surface area contributed by atoms with Gasteiger partial charge in [0.2, 0.25) is 5.60 Å². The molecule has 1 fully saturated rings. The van der Waals surface area contributed by atoms with Gasteiger partial charge in [-0.05, 0) is 19.3 Å². The molecule has 0 aromatic heterocycles. The van der Waals surface area contributed by atoms with Crippen LogP contribution in [0.5, 0.6) is 0 Å². The van der Waals surface area contributed by atoms with Gasteiger partial charge in [-0.1, -0.05) is 0 Å². The summed E-state index contributed by atoms with van der Waals surface area (Å²) in [4.78, 5) is 23.1. The average Bonchev–Trinajstić information content (AvgIpc) is 2.30. The van der Waals surface area contributed by atoms with Gasteiger partial charge in [0.15, 0.2) is 5.78 Å². The first-order valence-corrected chi connectivity index (χ1v) is 6.03. The fraction of sp³-hybridized carbons (Fsp3) is 0.385. The van der Waals surface area contributed by atoms with E-state index in [4.69, 9.17) is 10.5 Å². The lowest BCUT2D eigenvalue weighted by molar-refractivity contribution is -0.143. The van der Waals surface area contributed by atoms with Crippen molar-refractivity contribution in [3.05, 3.63) is 35.1 Å². The number of benzene rings is 1. The quantitative estimate of drug-likeness (QED) is 0.908. The van der Waals surface area contributed by atoms with E-state index in [0.717, 1.165) is 0 Å². The number of halogens is 3. The van der Waals surface area contributed by atoms with E-state index in [0.29, 0.717) is 25.0 Å². The molecule has 0 aliphatic heterocycles. The Morgan fingerprint density at radius 2 is 1.80 bits per heavy atom. The summed E-state index contributed by atoms with van der Waals surface area (Å²) in [6, 6.07) is 0.874. The molecule has 7 heteroatoms. The Hall–Kier alpha value is -2.05. The lowest BCUT2D eigenvalue weighted by atomic mass is 9.77. The first kappa shape index (κ1) is 14.4. The highest BCUT2D eigenvalue weighted by Crippen LogP contribution is 2.40. The Morgan fingerprint density at radius 3 is 2.30 bits per heavy atom. The van der Waals surface area contributed by atoms with E-state index in [-0.39, 0.29) is 12.8 Å². The van der Waals surface area contributed by atoms with Crippen LogP contribution >= 0.6 is 0 Å². The number of carbonyl (C=O) groups is 2. The molecule has 1 amide bonds. The number of hydrogen-bond donors (Lipinski definition) is 1. The van der Waals surface area contributed by atoms with Crippen molar-refractivity contribution in [3.8, 4) is 0 Å². The van der Waals surface area contributed by atoms with Gasteiger partial charge in [-0.2, -0.15) is 0 Å². The normalized spacial score (nSPS) is 22.6. The molecule has 0 spiro atoms. The lowest BCUT2D eigenvalue weighted by Crippen LogP contribution is -2.45. The van der Waals surface area contributed by atoms with Crippen molar-refractivity contribution in [2.24, 2.45) is 5.73 Å². The monoisotopic (exact) mass is 287 g/mol. The third-order valence-electron chi connectivity index (χ3n) is 3.32. The van der Waals surface area contributed by atoms with Crippen LogP contribution in [0.25, 0.3) is 0 Å². The molecule has 0 heterocycles. The molecule has 4 nitrogen and oxygen atoms in total. The number of hydrogen-bond acceptors (Lipinski definition) is 3. The Balaban J connectivity index is 2.63. The van der Waals surface area contributed by atoms with Gasteiger partial charge in [-0.3, -0.25) is 4.79 Å². The van der Waals surface area contributed by atoms with Crippen LogP contribution in [0, 0.1) is 17.5 Å². The van der Waals surface area contributed by atoms with Gasteiger partial charge in [0.25, 0.3) is 0 Å². The number of primary amides is 1. The SMILES string of the molecule is NC(=O)OC1(c2c(F)cc(F)cc2F)CCCCC1=O. The van der Waals surface area contributed by atoms with Crippen LogP contribution in [0.2, 0.25) is 0 Å². The van der Waals surface area contributed by atoms with Crippen LogP contribution in [0.4, 0.5) is 18.0 Å². The van der Waals surface area contributed by atoms with Crippen molar-refractivity contribution < 1.29 is 27.5 Å². The van der Waals surface area contributed by atoms with Gasteiger partial charge in [-0.15, -0.1) is 0 Å². The van der Waals surface area contributed by atoms with Gasteiger partial charge in [0.05, 0.1) is 5.56 Å². The summed E-state index contributed by atoms with van der Waals surface area (Å²) >= 11 is 0. The van der Waals surface area contributed by atoms with E-state index in [1.807, 2.05) is 0 Å². The van der Waals surface area contributed by atoms with E-state index in [1.165, 1.54) is 0 Å². The molecule has 1 saturated carbocycles. The number of amides is 1. The van der Waals surface area contributed by atoms with Gasteiger partial charge < -0.3 is 10.5 Å². The molecular weight excluding hydrogens is 275 g/mol. The van der Waals surface area contributed by atoms with Crippen molar-refractivity contribution >= 4 is 11.9 Å². The van der Waals surface area contributed by atoms with Gasteiger partial charge in [0.1, 0.15) is 17.5 Å². The van der Waals surface area contributed by atoms with E-state index >= 15 is 0 Å². The lowest BCUT2D eigenvalue weighted by Gasteiger charge is -2.35. The van der Waals surface area contributed by atoms with Crippen molar-refractivity contribution in [2.75, 3.05) is 0 Å². The Morgan fingerprint density at radius 1 is 1.20 bits per heavy atom. The third-order valence-corrected chi connectivity index (χ3v) is 3.32. The standard InChI is InChI=1S/C13H12F3NO3/c14-7-5-8(15)11(9(16)6-7)13(20-12(17)19)4-2-1-3-10(13)18/h5-6H,1-4H2,(H2,17,19). The molecular formula is C13H12F3NO3. The second-order valence-corrected chi connectivity index (χ2v) is 4.62. The zero-order valence-corrected chi connectivity index (χ0v) is 10.4. The highest BCUT2D eigenvalue weighted by atomic mass is 19.1. The third kappa shape index (κ3) is 2.35. The minimum Gasteiger partial charge on any atom is -0.430 e. The van der Waals surface area contributed by atoms with Gasteiger partial charge in [-0.25, -0.2) is 18.0 Å². The minimum absolute atomic E-state index is 0.00351. The zero-order chi connectivity index (χ0) is 14.9. The van der Waals surface area contributed by atoms with Crippen molar-refractivity contribution in [2.45, 2.75) is 31.3 Å². The Bertz CT molecular complexity index is 553. The maximum absolute atomic E-state index is 13.9. The van der Waals surface area contributed by atoms with Crippen LogP contribution in [-0.4, -0.2) is 11.9 Å². The largest absolute Gasteiger partial charge is 0.430 e. The molecule has 1 atom stereocenters. The molecule has 1 aliphatic carbocycles. The van der Waals surface area contributed by atoms with E-state index in [9.17, 15) is 22.8 Å². The summed E-state index contributed by atoms with van der Waals surface area (Å²) in [5.41, 5.74) is 2.04. The maximum Gasteiger partial charge on any atom is 0.405 e. The molecule has 108 valence electrons. The first-order chi connectivity index (χ1) is 9.36.